The molecule has 0 aliphatic heterocycles. The second-order valence-corrected chi connectivity index (χ2v) is 3.04. The van der Waals surface area contributed by atoms with Crippen molar-refractivity contribution in [2.75, 3.05) is 6.61 Å². The molecule has 0 bridgehead atoms. The maximum Gasteiger partial charge on any atom is 0.422 e. The summed E-state index contributed by atoms with van der Waals surface area (Å²) in [5.41, 5.74) is 0.0780. The van der Waals surface area contributed by atoms with Crippen molar-refractivity contribution >= 4 is 5.78 Å². The zero-order chi connectivity index (χ0) is 12.2. The third kappa shape index (κ3) is 3.52. The molecule has 16 heavy (non-hydrogen) atoms. The number of Topliss-reactive ketones (excluding diaryl/α,β-unsaturated/α-hetero) is 1. The number of carbonyl (C=O) groups excluding carboxylic acids is 1. The molecule has 0 N–H and O–H groups in total. The highest BCUT2D eigenvalue weighted by molar-refractivity contribution is 5.97. The molecular weight excluding hydrogens is 223 g/mol. The molecule has 0 radical (unpaired) electrons. The van der Waals surface area contributed by atoms with Crippen molar-refractivity contribution in [3.63, 3.8) is 0 Å². The molecule has 0 saturated carbocycles. The predicted molar refractivity (Wildman–Crippen MR) is 50.4 cm³/mol. The van der Waals surface area contributed by atoms with Crippen LogP contribution in [0.4, 0.5) is 13.2 Å². The van der Waals surface area contributed by atoms with E-state index in [-0.39, 0.29) is 23.6 Å². The average Bonchev–Trinajstić information content (AvgIpc) is 2.25. The molecular formula is C10H10F3NO2. The largest absolute Gasteiger partial charge is 0.467 e. The molecule has 0 fully saturated rings. The number of pyridine rings is 1. The number of ketones is 1. The Balaban J connectivity index is 2.83. The van der Waals surface area contributed by atoms with E-state index in [2.05, 4.69) is 9.72 Å². The van der Waals surface area contributed by atoms with Gasteiger partial charge in [-0.3, -0.25) is 4.79 Å². The summed E-state index contributed by atoms with van der Waals surface area (Å²) in [5, 5.41) is 0. The van der Waals surface area contributed by atoms with Crippen molar-refractivity contribution in [2.24, 2.45) is 0 Å². The highest BCUT2D eigenvalue weighted by atomic mass is 19.4. The molecule has 3 nitrogen and oxygen atoms in total. The summed E-state index contributed by atoms with van der Waals surface area (Å²) < 4.78 is 40.2. The van der Waals surface area contributed by atoms with E-state index in [0.717, 1.165) is 0 Å². The first-order valence-corrected chi connectivity index (χ1v) is 4.62. The quantitative estimate of drug-likeness (QED) is 0.750. The third-order valence-electron chi connectivity index (χ3n) is 1.77. The van der Waals surface area contributed by atoms with Gasteiger partial charge in [-0.25, -0.2) is 4.98 Å². The van der Waals surface area contributed by atoms with Crippen LogP contribution in [0.5, 0.6) is 5.88 Å². The molecule has 1 aromatic heterocycles. The number of alkyl halides is 3. The van der Waals surface area contributed by atoms with Crippen LogP contribution in [0, 0.1) is 0 Å². The van der Waals surface area contributed by atoms with Crippen LogP contribution < -0.4 is 4.74 Å². The highest BCUT2D eigenvalue weighted by Gasteiger charge is 2.29. The van der Waals surface area contributed by atoms with E-state index in [9.17, 15) is 18.0 Å². The molecule has 0 saturated heterocycles. The highest BCUT2D eigenvalue weighted by Crippen LogP contribution is 2.20. The Bertz CT molecular complexity index is 377. The van der Waals surface area contributed by atoms with Gasteiger partial charge < -0.3 is 4.74 Å². The van der Waals surface area contributed by atoms with Crippen molar-refractivity contribution < 1.29 is 22.7 Å². The Hall–Kier alpha value is -1.59. The van der Waals surface area contributed by atoms with Crippen LogP contribution in [0.25, 0.3) is 0 Å². The van der Waals surface area contributed by atoms with Crippen molar-refractivity contribution in [2.45, 2.75) is 19.5 Å². The Labute approximate surface area is 90.2 Å². The molecule has 1 rings (SSSR count). The van der Waals surface area contributed by atoms with Crippen molar-refractivity contribution in [1.82, 2.24) is 4.98 Å². The summed E-state index contributed by atoms with van der Waals surface area (Å²) in [6.45, 7) is 0.164. The van der Waals surface area contributed by atoms with Crippen molar-refractivity contribution in [3.8, 4) is 5.88 Å². The summed E-state index contributed by atoms with van der Waals surface area (Å²) in [7, 11) is 0. The van der Waals surface area contributed by atoms with Gasteiger partial charge in [-0.1, -0.05) is 6.92 Å². The summed E-state index contributed by atoms with van der Waals surface area (Å²) in [6, 6.07) is 2.87. The van der Waals surface area contributed by atoms with Crippen LogP contribution in [-0.2, 0) is 0 Å². The fraction of sp³-hybridized carbons (Fsp3) is 0.400. The lowest BCUT2D eigenvalue weighted by Gasteiger charge is -2.10. The smallest absolute Gasteiger partial charge is 0.422 e. The van der Waals surface area contributed by atoms with E-state index < -0.39 is 12.8 Å². The number of hydrogen-bond acceptors (Lipinski definition) is 3. The number of nitrogens with zero attached hydrogens (tertiary/aromatic N) is 1. The molecule has 0 aromatic carbocycles. The summed E-state index contributed by atoms with van der Waals surface area (Å²) in [4.78, 5) is 15.0. The van der Waals surface area contributed by atoms with Gasteiger partial charge >= 0.3 is 6.18 Å². The normalized spacial score (nSPS) is 11.2. The van der Waals surface area contributed by atoms with Gasteiger partial charge in [-0.2, -0.15) is 13.2 Å². The maximum atomic E-state index is 11.9. The average molecular weight is 233 g/mol. The van der Waals surface area contributed by atoms with E-state index in [1.807, 2.05) is 0 Å². The number of hydrogen-bond donors (Lipinski definition) is 0. The summed E-state index contributed by atoms with van der Waals surface area (Å²) in [5.74, 6) is -0.572. The van der Waals surface area contributed by atoms with Crippen LogP contribution in [0.15, 0.2) is 18.3 Å². The van der Waals surface area contributed by atoms with Gasteiger partial charge in [0.2, 0.25) is 5.88 Å². The van der Waals surface area contributed by atoms with Crippen LogP contribution in [0.1, 0.15) is 23.7 Å². The second kappa shape index (κ2) is 4.96. The van der Waals surface area contributed by atoms with Gasteiger partial charge in [0.05, 0.1) is 5.56 Å². The second-order valence-electron chi connectivity index (χ2n) is 3.04. The van der Waals surface area contributed by atoms with Gasteiger partial charge in [-0.15, -0.1) is 0 Å². The minimum Gasteiger partial charge on any atom is -0.467 e. The maximum absolute atomic E-state index is 11.9. The lowest BCUT2D eigenvalue weighted by Crippen LogP contribution is -2.20. The van der Waals surface area contributed by atoms with Crippen molar-refractivity contribution in [3.05, 3.63) is 23.9 Å². The molecule has 88 valence electrons. The number of ether oxygens (including phenoxy) is 1. The van der Waals surface area contributed by atoms with Gasteiger partial charge in [0.25, 0.3) is 0 Å². The van der Waals surface area contributed by atoms with Crippen LogP contribution in [0.3, 0.4) is 0 Å². The molecule has 0 atom stereocenters. The SMILES string of the molecule is CCC(=O)c1cccnc1OCC(F)(F)F. The fourth-order valence-corrected chi connectivity index (χ4v) is 1.06. The molecule has 6 heteroatoms. The topological polar surface area (TPSA) is 39.2 Å². The molecule has 1 heterocycles. The monoisotopic (exact) mass is 233 g/mol. The fourth-order valence-electron chi connectivity index (χ4n) is 1.06. The Kier molecular flexibility index (Phi) is 3.87. The van der Waals surface area contributed by atoms with Crippen LogP contribution in [0.2, 0.25) is 0 Å². The Morgan fingerprint density at radius 2 is 2.19 bits per heavy atom. The van der Waals surface area contributed by atoms with Crippen LogP contribution in [-0.4, -0.2) is 23.6 Å². The standard InChI is InChI=1S/C10H10F3NO2/c1-2-8(15)7-4-3-5-14-9(7)16-6-10(11,12)13/h3-5H,2,6H2,1H3. The number of rotatable bonds is 4. The van der Waals surface area contributed by atoms with Gasteiger partial charge in [-0.05, 0) is 12.1 Å². The van der Waals surface area contributed by atoms with E-state index in [0.29, 0.717) is 0 Å². The number of halogens is 3. The van der Waals surface area contributed by atoms with Gasteiger partial charge in [0, 0.05) is 12.6 Å². The van der Waals surface area contributed by atoms with E-state index in [4.69, 9.17) is 0 Å². The van der Waals surface area contributed by atoms with Crippen molar-refractivity contribution in [1.29, 1.82) is 0 Å². The minimum atomic E-state index is -4.44. The van der Waals surface area contributed by atoms with E-state index in [1.165, 1.54) is 18.3 Å². The minimum absolute atomic E-state index is 0.0780. The first-order chi connectivity index (χ1) is 7.44. The molecule has 0 aliphatic rings. The lowest BCUT2D eigenvalue weighted by atomic mass is 10.1. The number of aromatic nitrogens is 1. The van der Waals surface area contributed by atoms with Gasteiger partial charge in [0.15, 0.2) is 12.4 Å². The zero-order valence-electron chi connectivity index (χ0n) is 8.54. The Morgan fingerprint density at radius 1 is 1.50 bits per heavy atom. The lowest BCUT2D eigenvalue weighted by molar-refractivity contribution is -0.154. The third-order valence-corrected chi connectivity index (χ3v) is 1.77. The van der Waals surface area contributed by atoms with E-state index in [1.54, 1.807) is 6.92 Å². The zero-order valence-corrected chi connectivity index (χ0v) is 8.54. The van der Waals surface area contributed by atoms with Gasteiger partial charge in [0.1, 0.15) is 0 Å². The first kappa shape index (κ1) is 12.5. The molecule has 0 unspecified atom stereocenters. The number of carbonyl (C=O) groups is 1. The molecule has 0 amide bonds. The molecule has 0 aliphatic carbocycles. The predicted octanol–water partition coefficient (Wildman–Crippen LogP) is 2.62. The summed E-state index contributed by atoms with van der Waals surface area (Å²) >= 11 is 0. The molecule has 0 spiro atoms. The first-order valence-electron chi connectivity index (χ1n) is 4.62. The summed E-state index contributed by atoms with van der Waals surface area (Å²) in [6.07, 6.45) is -2.98. The van der Waals surface area contributed by atoms with E-state index >= 15 is 0 Å². The molecule has 1 aromatic rings. The van der Waals surface area contributed by atoms with Crippen LogP contribution >= 0.6 is 0 Å². The Morgan fingerprint density at radius 3 is 2.75 bits per heavy atom.